The number of rotatable bonds is 5. The minimum absolute atomic E-state index is 0.154. The quantitative estimate of drug-likeness (QED) is 0.641. The molecule has 2 aromatic carbocycles. The molecule has 0 bridgehead atoms. The summed E-state index contributed by atoms with van der Waals surface area (Å²) in [6, 6.07) is 16.4. The molecule has 31 heavy (non-hydrogen) atoms. The van der Waals surface area contributed by atoms with Gasteiger partial charge in [0.25, 0.3) is 5.91 Å². The van der Waals surface area contributed by atoms with Crippen molar-refractivity contribution in [3.63, 3.8) is 0 Å². The molecule has 0 spiro atoms. The van der Waals surface area contributed by atoms with E-state index < -0.39 is 0 Å². The molecule has 1 saturated carbocycles. The fourth-order valence-electron chi connectivity index (χ4n) is 3.70. The van der Waals surface area contributed by atoms with Crippen LogP contribution in [0.15, 0.2) is 65.9 Å². The normalized spacial score (nSPS) is 17.7. The number of aryl methyl sites for hydroxylation is 1. The summed E-state index contributed by atoms with van der Waals surface area (Å²) in [5.41, 5.74) is 4.68. The number of nitrogens with zero attached hydrogens (tertiary/aromatic N) is 2. The van der Waals surface area contributed by atoms with Crippen LogP contribution < -0.4 is 5.32 Å². The van der Waals surface area contributed by atoms with E-state index in [0.717, 1.165) is 29.7 Å². The van der Waals surface area contributed by atoms with Gasteiger partial charge in [-0.15, -0.1) is 0 Å². The van der Waals surface area contributed by atoms with Gasteiger partial charge in [-0.3, -0.25) is 9.78 Å². The number of hydrogen-bond acceptors (Lipinski definition) is 4. The third kappa shape index (κ3) is 4.19. The maximum Gasteiger partial charge on any atom is 0.251 e. The zero-order chi connectivity index (χ0) is 21.4. The lowest BCUT2D eigenvalue weighted by atomic mass is 9.94. The van der Waals surface area contributed by atoms with Crippen LogP contribution in [0.5, 0.6) is 0 Å². The van der Waals surface area contributed by atoms with Gasteiger partial charge in [0.05, 0.1) is 11.4 Å². The molecule has 2 aliphatic rings. The third-order valence-electron chi connectivity index (χ3n) is 5.56. The van der Waals surface area contributed by atoms with Crippen molar-refractivity contribution in [3.8, 4) is 11.1 Å². The van der Waals surface area contributed by atoms with Gasteiger partial charge < -0.3 is 10.2 Å². The molecule has 3 aromatic rings. The Morgan fingerprint density at radius 3 is 2.68 bits per heavy atom. The van der Waals surface area contributed by atoms with Gasteiger partial charge in [0, 0.05) is 35.3 Å². The monoisotopic (exact) mass is 415 g/mol. The maximum atomic E-state index is 14.7. The van der Waals surface area contributed by atoms with Crippen molar-refractivity contribution in [1.29, 1.82) is 0 Å². The zero-order valence-electron chi connectivity index (χ0n) is 17.1. The van der Waals surface area contributed by atoms with Crippen LogP contribution in [-0.4, -0.2) is 22.6 Å². The van der Waals surface area contributed by atoms with E-state index in [1.165, 1.54) is 6.07 Å². The number of amides is 1. The van der Waals surface area contributed by atoms with E-state index in [-0.39, 0.29) is 23.9 Å². The molecule has 0 saturated heterocycles. The summed E-state index contributed by atoms with van der Waals surface area (Å²) in [5, 5.41) is 7.27. The first-order valence-electron chi connectivity index (χ1n) is 10.4. The lowest BCUT2D eigenvalue weighted by molar-refractivity contribution is 0.0826. The smallest absolute Gasteiger partial charge is 0.251 e. The fourth-order valence-corrected chi connectivity index (χ4v) is 3.70. The first kappa shape index (κ1) is 19.4. The van der Waals surface area contributed by atoms with Gasteiger partial charge in [0.15, 0.2) is 6.10 Å². The SMILES string of the molecule is Cc1ccc(-c2cc(C(=O)NC3CC3)cc(C3=NOC(c4ccccn4)C3)c2)c(F)c1. The summed E-state index contributed by atoms with van der Waals surface area (Å²) in [7, 11) is 0. The van der Waals surface area contributed by atoms with Gasteiger partial charge in [-0.1, -0.05) is 23.4 Å². The summed E-state index contributed by atoms with van der Waals surface area (Å²) in [5.74, 6) is -0.472. The molecule has 1 aromatic heterocycles. The van der Waals surface area contributed by atoms with E-state index >= 15 is 0 Å². The fraction of sp³-hybridized carbons (Fsp3) is 0.240. The van der Waals surface area contributed by atoms with Crippen LogP contribution in [0.4, 0.5) is 4.39 Å². The molecule has 1 atom stereocenters. The first-order valence-corrected chi connectivity index (χ1v) is 10.4. The minimum atomic E-state index is -0.318. The van der Waals surface area contributed by atoms with Crippen LogP contribution in [0.25, 0.3) is 11.1 Å². The average molecular weight is 415 g/mol. The Morgan fingerprint density at radius 1 is 1.10 bits per heavy atom. The second kappa shape index (κ2) is 7.95. The Hall–Kier alpha value is -3.54. The Kier molecular flexibility index (Phi) is 4.98. The number of aromatic nitrogens is 1. The Morgan fingerprint density at radius 2 is 1.94 bits per heavy atom. The summed E-state index contributed by atoms with van der Waals surface area (Å²) < 4.78 is 14.7. The molecule has 1 aliphatic carbocycles. The number of hydrogen-bond donors (Lipinski definition) is 1. The molecule has 1 fully saturated rings. The van der Waals surface area contributed by atoms with Crippen LogP contribution >= 0.6 is 0 Å². The van der Waals surface area contributed by atoms with Gasteiger partial charge in [-0.05, 0) is 67.3 Å². The van der Waals surface area contributed by atoms with Crippen molar-refractivity contribution >= 4 is 11.6 Å². The van der Waals surface area contributed by atoms with Crippen molar-refractivity contribution in [1.82, 2.24) is 10.3 Å². The molecular weight excluding hydrogens is 393 g/mol. The van der Waals surface area contributed by atoms with Crippen LogP contribution in [0.3, 0.4) is 0 Å². The van der Waals surface area contributed by atoms with E-state index in [4.69, 9.17) is 4.84 Å². The van der Waals surface area contributed by atoms with Crippen molar-refractivity contribution < 1.29 is 14.0 Å². The van der Waals surface area contributed by atoms with Crippen LogP contribution in [0.1, 0.15) is 52.5 Å². The second-order valence-corrected chi connectivity index (χ2v) is 8.12. The van der Waals surface area contributed by atoms with Crippen LogP contribution in [0, 0.1) is 12.7 Å². The van der Waals surface area contributed by atoms with Gasteiger partial charge in [0.1, 0.15) is 5.82 Å². The first-order chi connectivity index (χ1) is 15.1. The van der Waals surface area contributed by atoms with Gasteiger partial charge in [-0.2, -0.15) is 0 Å². The molecule has 1 unspecified atom stereocenters. The maximum absolute atomic E-state index is 14.7. The van der Waals surface area contributed by atoms with Gasteiger partial charge in [-0.25, -0.2) is 4.39 Å². The highest BCUT2D eigenvalue weighted by atomic mass is 19.1. The summed E-state index contributed by atoms with van der Waals surface area (Å²) >= 11 is 0. The number of pyridine rings is 1. The van der Waals surface area contributed by atoms with E-state index in [1.807, 2.05) is 37.3 Å². The number of carbonyl (C=O) groups is 1. The topological polar surface area (TPSA) is 63.6 Å². The van der Waals surface area contributed by atoms with Crippen molar-refractivity contribution in [2.24, 2.45) is 5.16 Å². The third-order valence-corrected chi connectivity index (χ3v) is 5.56. The molecule has 6 heteroatoms. The Balaban J connectivity index is 1.51. The molecule has 1 amide bonds. The average Bonchev–Trinajstić information content (AvgIpc) is 3.45. The van der Waals surface area contributed by atoms with Crippen molar-refractivity contribution in [3.05, 3.63) is 89.0 Å². The van der Waals surface area contributed by atoms with E-state index in [0.29, 0.717) is 28.8 Å². The summed E-state index contributed by atoms with van der Waals surface area (Å²) in [6.45, 7) is 1.85. The lowest BCUT2D eigenvalue weighted by Gasteiger charge is -2.11. The molecule has 0 radical (unpaired) electrons. The number of oxime groups is 1. The molecule has 1 N–H and O–H groups in total. The van der Waals surface area contributed by atoms with E-state index in [2.05, 4.69) is 15.5 Å². The Bertz CT molecular complexity index is 1170. The van der Waals surface area contributed by atoms with E-state index in [1.54, 1.807) is 24.4 Å². The number of benzene rings is 2. The minimum Gasteiger partial charge on any atom is -0.385 e. The van der Waals surface area contributed by atoms with Crippen LogP contribution in [-0.2, 0) is 4.84 Å². The predicted octanol–water partition coefficient (Wildman–Crippen LogP) is 4.95. The molecule has 2 heterocycles. The van der Waals surface area contributed by atoms with Crippen LogP contribution in [0.2, 0.25) is 0 Å². The largest absolute Gasteiger partial charge is 0.385 e. The van der Waals surface area contributed by atoms with E-state index in [9.17, 15) is 9.18 Å². The Labute approximate surface area is 180 Å². The second-order valence-electron chi connectivity index (χ2n) is 8.12. The summed E-state index contributed by atoms with van der Waals surface area (Å²) in [4.78, 5) is 22.7. The number of carbonyl (C=O) groups excluding carboxylic acids is 1. The highest BCUT2D eigenvalue weighted by molar-refractivity contribution is 6.05. The predicted molar refractivity (Wildman–Crippen MR) is 116 cm³/mol. The summed E-state index contributed by atoms with van der Waals surface area (Å²) in [6.07, 6.45) is 3.96. The zero-order valence-corrected chi connectivity index (χ0v) is 17.1. The lowest BCUT2D eigenvalue weighted by Crippen LogP contribution is -2.25. The number of nitrogens with one attached hydrogen (secondary N) is 1. The van der Waals surface area contributed by atoms with Crippen molar-refractivity contribution in [2.45, 2.75) is 38.3 Å². The highest BCUT2D eigenvalue weighted by Crippen LogP contribution is 2.32. The standard InChI is InChI=1S/C25H22FN3O2/c1-15-5-8-20(21(26)10-15)16-11-17(13-18(12-16)25(30)28-19-6-7-19)23-14-24(31-29-23)22-4-2-3-9-27-22/h2-5,8-13,19,24H,6-7,14H2,1H3,(H,28,30). The highest BCUT2D eigenvalue weighted by Gasteiger charge is 2.27. The molecular formula is C25H22FN3O2. The molecule has 1 aliphatic heterocycles. The molecule has 5 rings (SSSR count). The van der Waals surface area contributed by atoms with Gasteiger partial charge in [0.2, 0.25) is 0 Å². The van der Waals surface area contributed by atoms with Crippen molar-refractivity contribution in [2.75, 3.05) is 0 Å². The number of halogens is 1. The molecule has 5 nitrogen and oxygen atoms in total. The molecule has 156 valence electrons. The van der Waals surface area contributed by atoms with Gasteiger partial charge >= 0.3 is 0 Å².